The van der Waals surface area contributed by atoms with Gasteiger partial charge in [-0.15, -0.1) is 0 Å². The summed E-state index contributed by atoms with van der Waals surface area (Å²) in [5.74, 6) is -0.114. The van der Waals surface area contributed by atoms with Crippen molar-refractivity contribution in [3.63, 3.8) is 0 Å². The number of morpholine rings is 1. The molecule has 43 heavy (non-hydrogen) atoms. The van der Waals surface area contributed by atoms with Crippen molar-refractivity contribution in [2.24, 2.45) is 0 Å². The summed E-state index contributed by atoms with van der Waals surface area (Å²) in [7, 11) is 0. The van der Waals surface area contributed by atoms with Crippen LogP contribution in [0.1, 0.15) is 47.1 Å². The smallest absolute Gasteiger partial charge is 0.349 e. The van der Waals surface area contributed by atoms with Gasteiger partial charge in [0, 0.05) is 6.54 Å². The zero-order valence-corrected chi connectivity index (χ0v) is 22.5. The molecule has 0 unspecified atom stereocenters. The third-order valence-corrected chi connectivity index (χ3v) is 7.04. The Bertz CT molecular complexity index is 1580. The monoisotopic (exact) mass is 610 g/mol. The normalized spacial score (nSPS) is 19.0. The number of aromatic amines is 2. The second-order valence-corrected chi connectivity index (χ2v) is 10.0. The first-order valence-electron chi connectivity index (χ1n) is 13.1. The Morgan fingerprint density at radius 2 is 1.65 bits per heavy atom. The van der Waals surface area contributed by atoms with Gasteiger partial charge in [-0.25, -0.2) is 14.3 Å². The number of nitrogens with zero attached hydrogens (tertiary/aromatic N) is 2. The first-order chi connectivity index (χ1) is 20.3. The van der Waals surface area contributed by atoms with Gasteiger partial charge in [0.25, 0.3) is 0 Å². The second kappa shape index (κ2) is 11.9. The molecule has 1 aliphatic heterocycles. The molecule has 0 radical (unpaired) electrons. The summed E-state index contributed by atoms with van der Waals surface area (Å²) in [4.78, 5) is 16.1. The van der Waals surface area contributed by atoms with Crippen LogP contribution in [0, 0.1) is 5.82 Å². The van der Waals surface area contributed by atoms with Crippen LogP contribution in [0.25, 0.3) is 11.1 Å². The minimum Gasteiger partial charge on any atom is -0.349 e. The second-order valence-electron chi connectivity index (χ2n) is 10.0. The van der Waals surface area contributed by atoms with Crippen LogP contribution in [0.15, 0.2) is 71.5 Å². The number of alkyl halides is 6. The lowest BCUT2D eigenvalue weighted by molar-refractivity contribution is -0.231. The van der Waals surface area contributed by atoms with Crippen LogP contribution >= 0.6 is 0 Å². The fourth-order valence-electron chi connectivity index (χ4n) is 4.96. The highest BCUT2D eigenvalue weighted by atomic mass is 19.4. The SMILES string of the molecule is C[C@H](O[C@@H]1OCCN(Cc2n[nH]c(=O)[nH]2)[C@@H]1c1cccc(-c2ccc(F)cc2)c1)c1cc(C(F)(F)F)cc(C(F)(F)F)c1. The molecule has 14 heteroatoms. The highest BCUT2D eigenvalue weighted by Crippen LogP contribution is 2.40. The van der Waals surface area contributed by atoms with E-state index in [4.69, 9.17) is 9.47 Å². The number of H-pyrrole nitrogens is 2. The lowest BCUT2D eigenvalue weighted by atomic mass is 9.97. The summed E-state index contributed by atoms with van der Waals surface area (Å²) in [5.41, 5.74) is -1.71. The fraction of sp³-hybridized carbons (Fsp3) is 0.310. The Balaban J connectivity index is 1.51. The summed E-state index contributed by atoms with van der Waals surface area (Å²) in [6, 6.07) is 13.5. The molecule has 0 amide bonds. The van der Waals surface area contributed by atoms with E-state index in [-0.39, 0.29) is 24.8 Å². The lowest BCUT2D eigenvalue weighted by Gasteiger charge is -2.41. The van der Waals surface area contributed by atoms with Crippen molar-refractivity contribution in [2.75, 3.05) is 13.2 Å². The molecule has 3 aromatic carbocycles. The molecule has 0 spiro atoms. The number of benzene rings is 3. The van der Waals surface area contributed by atoms with Crippen molar-refractivity contribution in [1.82, 2.24) is 20.1 Å². The molecule has 1 aliphatic rings. The van der Waals surface area contributed by atoms with Gasteiger partial charge in [0.1, 0.15) is 11.6 Å². The summed E-state index contributed by atoms with van der Waals surface area (Å²) in [6.45, 7) is 1.89. The third kappa shape index (κ3) is 7.14. The van der Waals surface area contributed by atoms with Crippen molar-refractivity contribution in [2.45, 2.75) is 44.3 Å². The molecule has 7 nitrogen and oxygen atoms in total. The van der Waals surface area contributed by atoms with Gasteiger partial charge >= 0.3 is 18.0 Å². The van der Waals surface area contributed by atoms with E-state index >= 15 is 0 Å². The fourth-order valence-corrected chi connectivity index (χ4v) is 4.96. The van der Waals surface area contributed by atoms with Gasteiger partial charge < -0.3 is 9.47 Å². The minimum atomic E-state index is -5.02. The summed E-state index contributed by atoms with van der Waals surface area (Å²) in [5, 5.41) is 6.23. The van der Waals surface area contributed by atoms with Crippen molar-refractivity contribution >= 4 is 0 Å². The predicted molar refractivity (Wildman–Crippen MR) is 140 cm³/mol. The van der Waals surface area contributed by atoms with Gasteiger partial charge in [-0.2, -0.15) is 31.4 Å². The number of halogens is 7. The Kier molecular flexibility index (Phi) is 8.45. The molecule has 0 bridgehead atoms. The molecule has 1 aromatic heterocycles. The molecular weight excluding hydrogens is 585 g/mol. The molecule has 3 atom stereocenters. The zero-order valence-electron chi connectivity index (χ0n) is 22.5. The van der Waals surface area contributed by atoms with Gasteiger partial charge in [0.15, 0.2) is 6.29 Å². The van der Waals surface area contributed by atoms with Gasteiger partial charge in [-0.3, -0.25) is 9.88 Å². The van der Waals surface area contributed by atoms with Crippen LogP contribution in [0.4, 0.5) is 30.7 Å². The largest absolute Gasteiger partial charge is 0.416 e. The standard InChI is InChI=1S/C29H25F7N4O3/c1-16(20-12-21(28(31,32)33)14-22(13-20)29(34,35)36)43-26-25(40(9-10-42-26)15-24-37-27(41)39-38-24)19-4-2-3-18(11-19)17-5-7-23(30)8-6-17/h2-8,11-14,16,25-26H,9-10,15H2,1H3,(H2,37,38,39,41)/t16-,25+,26-/m0/s1. The van der Waals surface area contributed by atoms with Crippen LogP contribution in [0.5, 0.6) is 0 Å². The van der Waals surface area contributed by atoms with Crippen LogP contribution in [0.2, 0.25) is 0 Å². The molecule has 0 aliphatic carbocycles. The van der Waals surface area contributed by atoms with Crippen LogP contribution < -0.4 is 5.69 Å². The van der Waals surface area contributed by atoms with Crippen molar-refractivity contribution in [1.29, 1.82) is 0 Å². The van der Waals surface area contributed by atoms with E-state index in [1.807, 2.05) is 4.90 Å². The van der Waals surface area contributed by atoms with Gasteiger partial charge in [0.05, 0.1) is 36.4 Å². The summed E-state index contributed by atoms with van der Waals surface area (Å²) in [6.07, 6.45) is -12.4. The molecule has 0 saturated carbocycles. The molecule has 1 saturated heterocycles. The van der Waals surface area contributed by atoms with E-state index in [2.05, 4.69) is 15.2 Å². The van der Waals surface area contributed by atoms with Crippen molar-refractivity contribution in [3.05, 3.63) is 111 Å². The van der Waals surface area contributed by atoms with E-state index < -0.39 is 53.4 Å². The highest BCUT2D eigenvalue weighted by molar-refractivity contribution is 5.64. The average molecular weight is 611 g/mol. The number of aromatic nitrogens is 3. The van der Waals surface area contributed by atoms with Gasteiger partial charge in [0.2, 0.25) is 0 Å². The molecule has 5 rings (SSSR count). The van der Waals surface area contributed by atoms with Crippen molar-refractivity contribution in [3.8, 4) is 11.1 Å². The number of rotatable bonds is 7. The van der Waals surface area contributed by atoms with Gasteiger partial charge in [-0.1, -0.05) is 30.3 Å². The highest BCUT2D eigenvalue weighted by Gasteiger charge is 2.39. The minimum absolute atomic E-state index is 0.0590. The lowest BCUT2D eigenvalue weighted by Crippen LogP contribution is -2.46. The maximum absolute atomic E-state index is 13.5. The first-order valence-corrected chi connectivity index (χ1v) is 13.1. The first kappa shape index (κ1) is 30.4. The molecule has 4 aromatic rings. The number of nitrogens with one attached hydrogen (secondary N) is 2. The van der Waals surface area contributed by atoms with E-state index in [0.29, 0.717) is 35.6 Å². The Hall–Kier alpha value is -4.01. The van der Waals surface area contributed by atoms with Crippen molar-refractivity contribution < 1.29 is 40.2 Å². The zero-order chi connectivity index (χ0) is 30.9. The van der Waals surface area contributed by atoms with Crippen LogP contribution in [0.3, 0.4) is 0 Å². The summed E-state index contributed by atoms with van der Waals surface area (Å²) < 4.78 is 107. The Morgan fingerprint density at radius 3 is 2.26 bits per heavy atom. The Labute approximate surface area is 240 Å². The number of hydrogen-bond acceptors (Lipinski definition) is 5. The van der Waals surface area contributed by atoms with E-state index in [1.54, 1.807) is 36.4 Å². The Morgan fingerprint density at radius 1 is 0.977 bits per heavy atom. The molecule has 228 valence electrons. The molecular formula is C29H25F7N4O3. The molecule has 2 heterocycles. The van der Waals surface area contributed by atoms with Gasteiger partial charge in [-0.05, 0) is 65.6 Å². The number of ether oxygens (including phenoxy) is 2. The quantitative estimate of drug-likeness (QED) is 0.230. The molecule has 1 fully saturated rings. The predicted octanol–water partition coefficient (Wildman–Crippen LogP) is 6.62. The molecule has 2 N–H and O–H groups in total. The topological polar surface area (TPSA) is 83.2 Å². The van der Waals surface area contributed by atoms with Crippen LogP contribution in [-0.4, -0.2) is 39.5 Å². The maximum Gasteiger partial charge on any atom is 0.416 e. The maximum atomic E-state index is 13.5. The van der Waals surface area contributed by atoms with E-state index in [9.17, 15) is 35.5 Å². The summed E-state index contributed by atoms with van der Waals surface area (Å²) >= 11 is 0. The average Bonchev–Trinajstić information content (AvgIpc) is 3.36. The number of hydrogen-bond donors (Lipinski definition) is 2. The van der Waals surface area contributed by atoms with E-state index in [0.717, 1.165) is 5.56 Å². The third-order valence-electron chi connectivity index (χ3n) is 7.04. The van der Waals surface area contributed by atoms with E-state index in [1.165, 1.54) is 19.1 Å². The van der Waals surface area contributed by atoms with Crippen LogP contribution in [-0.2, 0) is 28.4 Å².